The van der Waals surface area contributed by atoms with Crippen molar-refractivity contribution in [3.63, 3.8) is 0 Å². The highest BCUT2D eigenvalue weighted by molar-refractivity contribution is 7.08. The highest BCUT2D eigenvalue weighted by Gasteiger charge is 2.33. The minimum atomic E-state index is -0.671. The summed E-state index contributed by atoms with van der Waals surface area (Å²) in [6, 6.07) is 1.99. The lowest BCUT2D eigenvalue weighted by Gasteiger charge is -2.34. The van der Waals surface area contributed by atoms with Crippen LogP contribution in [0, 0.1) is 0 Å². The lowest BCUT2D eigenvalue weighted by atomic mass is 9.85. The number of nitrogens with zero attached hydrogens (tertiary/aromatic N) is 1. The Kier molecular flexibility index (Phi) is 5.23. The number of hydrogen-bond donors (Lipinski definition) is 3. The van der Waals surface area contributed by atoms with E-state index in [1.807, 2.05) is 33.9 Å². The van der Waals surface area contributed by atoms with Crippen molar-refractivity contribution in [2.75, 3.05) is 26.3 Å². The first-order chi connectivity index (χ1) is 9.61. The molecule has 1 heterocycles. The predicted octanol–water partition coefficient (Wildman–Crippen LogP) is 1.60. The summed E-state index contributed by atoms with van der Waals surface area (Å²) in [5, 5.41) is 22.7. The van der Waals surface area contributed by atoms with E-state index < -0.39 is 5.54 Å². The maximum absolute atomic E-state index is 9.09. The summed E-state index contributed by atoms with van der Waals surface area (Å²) in [6.45, 7) is 0.981. The van der Waals surface area contributed by atoms with Crippen LogP contribution in [-0.2, 0) is 5.54 Å². The van der Waals surface area contributed by atoms with Crippen molar-refractivity contribution >= 4 is 22.9 Å². The van der Waals surface area contributed by atoms with Crippen LogP contribution < -0.4 is 5.73 Å². The van der Waals surface area contributed by atoms with E-state index in [4.69, 9.17) is 27.5 Å². The third kappa shape index (κ3) is 3.07. The first kappa shape index (κ1) is 15.5. The van der Waals surface area contributed by atoms with Gasteiger partial charge in [-0.3, -0.25) is 0 Å². The number of rotatable bonds is 6. The van der Waals surface area contributed by atoms with E-state index in [-0.39, 0.29) is 13.2 Å². The van der Waals surface area contributed by atoms with Crippen LogP contribution in [-0.4, -0.2) is 41.4 Å². The minimum Gasteiger partial charge on any atom is -0.395 e. The molecule has 1 unspecified atom stereocenters. The lowest BCUT2D eigenvalue weighted by molar-refractivity contribution is 0.191. The van der Waals surface area contributed by atoms with Gasteiger partial charge in [0.1, 0.15) is 0 Å². The second-order valence-electron chi connectivity index (χ2n) is 4.74. The Morgan fingerprint density at radius 2 is 2.05 bits per heavy atom. The average molecular weight is 315 g/mol. The fourth-order valence-corrected chi connectivity index (χ4v) is 3.32. The maximum Gasteiger partial charge on any atom is 0.0817 e. The fraction of sp³-hybridized carbons (Fsp3) is 0.429. The fourth-order valence-electron chi connectivity index (χ4n) is 2.29. The predicted molar refractivity (Wildman–Crippen MR) is 82.6 cm³/mol. The summed E-state index contributed by atoms with van der Waals surface area (Å²) in [4.78, 5) is 1.90. The molecule has 0 fully saturated rings. The van der Waals surface area contributed by atoms with Gasteiger partial charge in [-0.05, 0) is 34.9 Å². The van der Waals surface area contributed by atoms with Crippen LogP contribution in [0.5, 0.6) is 0 Å². The second-order valence-corrected chi connectivity index (χ2v) is 5.93. The van der Waals surface area contributed by atoms with E-state index in [0.29, 0.717) is 24.5 Å². The van der Waals surface area contributed by atoms with Crippen LogP contribution in [0.3, 0.4) is 0 Å². The lowest BCUT2D eigenvalue weighted by Crippen LogP contribution is -2.39. The zero-order valence-electron chi connectivity index (χ0n) is 11.1. The van der Waals surface area contributed by atoms with Gasteiger partial charge in [-0.25, -0.2) is 0 Å². The van der Waals surface area contributed by atoms with E-state index in [1.54, 1.807) is 11.3 Å². The summed E-state index contributed by atoms with van der Waals surface area (Å²) in [5.41, 5.74) is 7.66. The Balaban J connectivity index is 2.20. The standard InChI is InChI=1S/C14H19ClN2O2S/c15-13-9-12(17(4-6-18)5-7-19)1-3-14(13,16)11-2-8-20-10-11/h1-2,8-10,18-19H,3-7,16H2. The molecule has 0 spiro atoms. The van der Waals surface area contributed by atoms with Gasteiger partial charge in [0.15, 0.2) is 0 Å². The molecule has 0 saturated carbocycles. The molecule has 0 bridgehead atoms. The topological polar surface area (TPSA) is 69.7 Å². The first-order valence-corrected chi connectivity index (χ1v) is 7.80. The largest absolute Gasteiger partial charge is 0.395 e. The molecule has 2 rings (SSSR count). The molecule has 20 heavy (non-hydrogen) atoms. The molecule has 6 heteroatoms. The van der Waals surface area contributed by atoms with Crippen molar-refractivity contribution in [1.29, 1.82) is 0 Å². The van der Waals surface area contributed by atoms with E-state index in [9.17, 15) is 0 Å². The Morgan fingerprint density at radius 3 is 2.55 bits per heavy atom. The third-order valence-electron chi connectivity index (χ3n) is 3.48. The Bertz CT molecular complexity index is 495. The minimum absolute atomic E-state index is 0.0289. The molecular formula is C14H19ClN2O2S. The van der Waals surface area contributed by atoms with Gasteiger partial charge < -0.3 is 20.8 Å². The van der Waals surface area contributed by atoms with Gasteiger partial charge in [-0.2, -0.15) is 11.3 Å². The third-order valence-corrected chi connectivity index (χ3v) is 4.60. The van der Waals surface area contributed by atoms with Gasteiger partial charge >= 0.3 is 0 Å². The van der Waals surface area contributed by atoms with E-state index >= 15 is 0 Å². The number of halogens is 1. The van der Waals surface area contributed by atoms with Gasteiger partial charge in [0, 0.05) is 23.8 Å². The number of aliphatic hydroxyl groups is 2. The molecule has 1 aromatic heterocycles. The summed E-state index contributed by atoms with van der Waals surface area (Å²) in [5.74, 6) is 0. The molecule has 0 saturated heterocycles. The van der Waals surface area contributed by atoms with Crippen molar-refractivity contribution in [2.24, 2.45) is 5.73 Å². The summed E-state index contributed by atoms with van der Waals surface area (Å²) in [6.07, 6.45) is 4.44. The maximum atomic E-state index is 9.09. The zero-order chi connectivity index (χ0) is 14.6. The smallest absolute Gasteiger partial charge is 0.0817 e. The van der Waals surface area contributed by atoms with Crippen LogP contribution in [0.15, 0.2) is 39.7 Å². The van der Waals surface area contributed by atoms with Gasteiger partial charge in [-0.15, -0.1) is 0 Å². The van der Waals surface area contributed by atoms with Gasteiger partial charge in [-0.1, -0.05) is 17.7 Å². The van der Waals surface area contributed by atoms with Crippen molar-refractivity contribution in [3.05, 3.63) is 45.3 Å². The second kappa shape index (κ2) is 6.74. The normalized spacial score (nSPS) is 22.4. The molecule has 4 nitrogen and oxygen atoms in total. The van der Waals surface area contributed by atoms with E-state index in [1.165, 1.54) is 0 Å². The van der Waals surface area contributed by atoms with Crippen molar-refractivity contribution in [3.8, 4) is 0 Å². The van der Waals surface area contributed by atoms with Crippen LogP contribution in [0.1, 0.15) is 12.0 Å². The van der Waals surface area contributed by atoms with Crippen LogP contribution in [0.25, 0.3) is 0 Å². The van der Waals surface area contributed by atoms with Crippen molar-refractivity contribution in [2.45, 2.75) is 12.0 Å². The highest BCUT2D eigenvalue weighted by Crippen LogP contribution is 2.38. The Labute approximate surface area is 127 Å². The first-order valence-electron chi connectivity index (χ1n) is 6.48. The average Bonchev–Trinajstić information content (AvgIpc) is 2.96. The summed E-state index contributed by atoms with van der Waals surface area (Å²) in [7, 11) is 0. The number of allylic oxidation sites excluding steroid dienone is 1. The zero-order valence-corrected chi connectivity index (χ0v) is 12.7. The molecule has 0 aliphatic heterocycles. The molecule has 0 amide bonds. The Hall–Kier alpha value is -0.850. The Morgan fingerprint density at radius 1 is 1.35 bits per heavy atom. The van der Waals surface area contributed by atoms with Gasteiger partial charge in [0.05, 0.1) is 18.8 Å². The molecule has 0 aromatic carbocycles. The number of aliphatic hydroxyl groups excluding tert-OH is 2. The molecule has 1 aromatic rings. The summed E-state index contributed by atoms with van der Waals surface area (Å²) < 4.78 is 0. The highest BCUT2D eigenvalue weighted by atomic mass is 35.5. The number of thiophene rings is 1. The van der Waals surface area contributed by atoms with E-state index in [2.05, 4.69) is 0 Å². The molecule has 110 valence electrons. The van der Waals surface area contributed by atoms with Crippen LogP contribution >= 0.6 is 22.9 Å². The van der Waals surface area contributed by atoms with Crippen LogP contribution in [0.4, 0.5) is 0 Å². The quantitative estimate of drug-likeness (QED) is 0.746. The number of hydrogen-bond acceptors (Lipinski definition) is 5. The molecule has 0 radical (unpaired) electrons. The van der Waals surface area contributed by atoms with Gasteiger partial charge in [0.2, 0.25) is 0 Å². The molecule has 1 aliphatic carbocycles. The van der Waals surface area contributed by atoms with E-state index in [0.717, 1.165) is 11.3 Å². The van der Waals surface area contributed by atoms with Crippen molar-refractivity contribution < 1.29 is 10.2 Å². The van der Waals surface area contributed by atoms with Gasteiger partial charge in [0.25, 0.3) is 0 Å². The molecule has 1 aliphatic rings. The molecule has 1 atom stereocenters. The van der Waals surface area contributed by atoms with Crippen molar-refractivity contribution in [1.82, 2.24) is 4.90 Å². The molecular weight excluding hydrogens is 296 g/mol. The monoisotopic (exact) mass is 314 g/mol. The number of nitrogens with two attached hydrogens (primary N) is 1. The van der Waals surface area contributed by atoms with Crippen LogP contribution in [0.2, 0.25) is 0 Å². The SMILES string of the molecule is NC1(c2ccsc2)CC=C(N(CCO)CCO)C=C1Cl. The summed E-state index contributed by atoms with van der Waals surface area (Å²) >= 11 is 8.00. The molecule has 4 N–H and O–H groups in total.